The Morgan fingerprint density at radius 2 is 2.11 bits per heavy atom. The zero-order valence-electron chi connectivity index (χ0n) is 12.4. The summed E-state index contributed by atoms with van der Waals surface area (Å²) in [7, 11) is 0. The molecule has 1 N–H and O–H groups in total. The maximum Gasteiger partial charge on any atom is 0.317 e. The molecular formula is C13H24N4O2. The Labute approximate surface area is 114 Å². The molecule has 0 fully saturated rings. The van der Waals surface area contributed by atoms with Crippen LogP contribution in [0.2, 0.25) is 0 Å². The molecule has 0 aliphatic heterocycles. The van der Waals surface area contributed by atoms with E-state index in [1.165, 1.54) is 6.33 Å². The molecule has 0 radical (unpaired) electrons. The normalized spacial score (nSPS) is 12.4. The minimum atomic E-state index is -0.829. The number of carboxylic acid groups (broad SMARTS) is 1. The molecule has 0 aromatic carbocycles. The molecule has 1 aromatic rings. The van der Waals surface area contributed by atoms with Crippen LogP contribution in [0.15, 0.2) is 6.33 Å². The summed E-state index contributed by atoms with van der Waals surface area (Å²) in [6.45, 7) is 11.5. The summed E-state index contributed by atoms with van der Waals surface area (Å²) in [5.74, 6) is 0.456. The predicted molar refractivity (Wildman–Crippen MR) is 72.7 cm³/mol. The minimum Gasteiger partial charge on any atom is -0.480 e. The summed E-state index contributed by atoms with van der Waals surface area (Å²) in [6, 6.07) is 0. The third-order valence-electron chi connectivity index (χ3n) is 2.84. The summed E-state index contributed by atoms with van der Waals surface area (Å²) in [6.07, 6.45) is 1.53. The van der Waals surface area contributed by atoms with Gasteiger partial charge in [0.25, 0.3) is 0 Å². The number of aromatic nitrogens is 3. The van der Waals surface area contributed by atoms with Crippen LogP contribution >= 0.6 is 0 Å². The number of carbonyl (C=O) groups is 1. The molecule has 108 valence electrons. The molecule has 0 amide bonds. The van der Waals surface area contributed by atoms with Crippen LogP contribution < -0.4 is 0 Å². The Morgan fingerprint density at radius 3 is 2.58 bits per heavy atom. The van der Waals surface area contributed by atoms with E-state index in [1.54, 1.807) is 0 Å². The van der Waals surface area contributed by atoms with Crippen LogP contribution in [-0.2, 0) is 17.9 Å². The van der Waals surface area contributed by atoms with Crippen molar-refractivity contribution in [1.29, 1.82) is 0 Å². The van der Waals surface area contributed by atoms with Crippen LogP contribution in [0.4, 0.5) is 0 Å². The minimum absolute atomic E-state index is 0.00195. The lowest BCUT2D eigenvalue weighted by Crippen LogP contribution is -2.44. The molecule has 0 atom stereocenters. The van der Waals surface area contributed by atoms with E-state index >= 15 is 0 Å². The van der Waals surface area contributed by atoms with E-state index in [-0.39, 0.29) is 12.1 Å². The van der Waals surface area contributed by atoms with Crippen LogP contribution in [0.5, 0.6) is 0 Å². The van der Waals surface area contributed by atoms with Gasteiger partial charge in [-0.1, -0.05) is 13.8 Å². The summed E-state index contributed by atoms with van der Waals surface area (Å²) in [5.41, 5.74) is -0.229. The Balaban J connectivity index is 2.85. The molecule has 1 rings (SSSR count). The molecule has 6 nitrogen and oxygen atoms in total. The first-order chi connectivity index (χ1) is 8.70. The highest BCUT2D eigenvalue weighted by Gasteiger charge is 2.25. The third-order valence-corrected chi connectivity index (χ3v) is 2.84. The zero-order valence-corrected chi connectivity index (χ0v) is 12.4. The fourth-order valence-corrected chi connectivity index (χ4v) is 1.77. The molecule has 0 saturated heterocycles. The average Bonchev–Trinajstić information content (AvgIpc) is 2.61. The molecular weight excluding hydrogens is 244 g/mol. The number of hydrogen-bond donors (Lipinski definition) is 1. The van der Waals surface area contributed by atoms with Crippen molar-refractivity contribution in [3.63, 3.8) is 0 Å². The van der Waals surface area contributed by atoms with Crippen molar-refractivity contribution >= 4 is 5.97 Å². The van der Waals surface area contributed by atoms with Crippen molar-refractivity contribution in [2.45, 2.75) is 53.2 Å². The predicted octanol–water partition coefficient (Wildman–Crippen LogP) is 1.62. The highest BCUT2D eigenvalue weighted by atomic mass is 16.4. The molecule has 0 spiro atoms. The van der Waals surface area contributed by atoms with Gasteiger partial charge in [0.2, 0.25) is 0 Å². The van der Waals surface area contributed by atoms with Crippen LogP contribution in [-0.4, -0.2) is 42.8 Å². The van der Waals surface area contributed by atoms with Crippen LogP contribution in [0.25, 0.3) is 0 Å². The molecule has 0 aliphatic rings. The molecule has 1 aromatic heterocycles. The quantitative estimate of drug-likeness (QED) is 0.849. The fraction of sp³-hybridized carbons (Fsp3) is 0.769. The second-order valence-corrected chi connectivity index (χ2v) is 6.17. The Morgan fingerprint density at radius 1 is 1.47 bits per heavy atom. The standard InChI is InChI=1S/C13H24N4O2/c1-10(2)6-17-11(14-9-15-17)7-16(8-12(18)19)13(3,4)5/h9-10H,6-8H2,1-5H3,(H,18,19). The summed E-state index contributed by atoms with van der Waals surface area (Å²) >= 11 is 0. The van der Waals surface area contributed by atoms with Gasteiger partial charge in [-0.15, -0.1) is 0 Å². The summed E-state index contributed by atoms with van der Waals surface area (Å²) < 4.78 is 1.85. The van der Waals surface area contributed by atoms with Gasteiger partial charge in [0.1, 0.15) is 12.2 Å². The van der Waals surface area contributed by atoms with E-state index in [1.807, 2.05) is 30.4 Å². The third kappa shape index (κ3) is 4.98. The van der Waals surface area contributed by atoms with Crippen molar-refractivity contribution in [3.05, 3.63) is 12.2 Å². The number of aliphatic carboxylic acids is 1. The van der Waals surface area contributed by atoms with Gasteiger partial charge in [-0.2, -0.15) is 5.10 Å². The van der Waals surface area contributed by atoms with Gasteiger partial charge in [-0.3, -0.25) is 9.69 Å². The zero-order chi connectivity index (χ0) is 14.6. The number of carboxylic acids is 1. The monoisotopic (exact) mass is 268 g/mol. The highest BCUT2D eigenvalue weighted by Crippen LogP contribution is 2.16. The van der Waals surface area contributed by atoms with Gasteiger partial charge >= 0.3 is 5.97 Å². The molecule has 1 heterocycles. The molecule has 6 heteroatoms. The summed E-state index contributed by atoms with van der Waals surface area (Å²) in [5, 5.41) is 13.2. The molecule has 19 heavy (non-hydrogen) atoms. The lowest BCUT2D eigenvalue weighted by Gasteiger charge is -2.33. The van der Waals surface area contributed by atoms with E-state index in [0.717, 1.165) is 12.4 Å². The maximum absolute atomic E-state index is 11.0. The molecule has 0 bridgehead atoms. The number of nitrogens with zero attached hydrogens (tertiary/aromatic N) is 4. The van der Waals surface area contributed by atoms with Gasteiger partial charge in [0.15, 0.2) is 0 Å². The van der Waals surface area contributed by atoms with Gasteiger partial charge in [0, 0.05) is 12.1 Å². The first-order valence-electron chi connectivity index (χ1n) is 6.53. The van der Waals surface area contributed by atoms with Crippen LogP contribution in [0.3, 0.4) is 0 Å². The van der Waals surface area contributed by atoms with E-state index in [0.29, 0.717) is 12.5 Å². The van der Waals surface area contributed by atoms with Gasteiger partial charge in [0.05, 0.1) is 13.1 Å². The van der Waals surface area contributed by atoms with E-state index < -0.39 is 5.97 Å². The highest BCUT2D eigenvalue weighted by molar-refractivity contribution is 5.69. The van der Waals surface area contributed by atoms with E-state index in [9.17, 15) is 4.79 Å². The first kappa shape index (κ1) is 15.6. The van der Waals surface area contributed by atoms with E-state index in [2.05, 4.69) is 23.9 Å². The lowest BCUT2D eigenvalue weighted by atomic mass is 10.1. The van der Waals surface area contributed by atoms with Crippen molar-refractivity contribution in [2.24, 2.45) is 5.92 Å². The topological polar surface area (TPSA) is 71.2 Å². The van der Waals surface area contributed by atoms with Gasteiger partial charge in [-0.25, -0.2) is 9.67 Å². The SMILES string of the molecule is CC(C)Cn1ncnc1CN(CC(=O)O)C(C)(C)C. The Kier molecular flexibility index (Phi) is 5.05. The van der Waals surface area contributed by atoms with Crippen molar-refractivity contribution in [2.75, 3.05) is 6.54 Å². The Hall–Kier alpha value is -1.43. The molecule has 0 aliphatic carbocycles. The number of hydrogen-bond acceptors (Lipinski definition) is 4. The largest absolute Gasteiger partial charge is 0.480 e. The molecule has 0 unspecified atom stereocenters. The molecule has 0 saturated carbocycles. The second kappa shape index (κ2) is 6.14. The fourth-order valence-electron chi connectivity index (χ4n) is 1.77. The number of rotatable bonds is 6. The first-order valence-corrected chi connectivity index (χ1v) is 6.53. The Bertz CT molecular complexity index is 421. The lowest BCUT2D eigenvalue weighted by molar-refractivity contribution is -0.140. The van der Waals surface area contributed by atoms with Crippen LogP contribution in [0, 0.1) is 5.92 Å². The van der Waals surface area contributed by atoms with E-state index in [4.69, 9.17) is 5.11 Å². The smallest absolute Gasteiger partial charge is 0.317 e. The van der Waals surface area contributed by atoms with Crippen molar-refractivity contribution in [1.82, 2.24) is 19.7 Å². The van der Waals surface area contributed by atoms with Gasteiger partial charge < -0.3 is 5.11 Å². The average molecular weight is 268 g/mol. The van der Waals surface area contributed by atoms with Gasteiger partial charge in [-0.05, 0) is 26.7 Å². The maximum atomic E-state index is 11.0. The van der Waals surface area contributed by atoms with Crippen LogP contribution in [0.1, 0.15) is 40.4 Å². The van der Waals surface area contributed by atoms with Crippen molar-refractivity contribution < 1.29 is 9.90 Å². The second-order valence-electron chi connectivity index (χ2n) is 6.17. The van der Waals surface area contributed by atoms with Crippen molar-refractivity contribution in [3.8, 4) is 0 Å². The summed E-state index contributed by atoms with van der Waals surface area (Å²) in [4.78, 5) is 17.1.